The zero-order chi connectivity index (χ0) is 36.2. The number of carbonyl (C=O) groups is 7. The van der Waals surface area contributed by atoms with E-state index in [0.29, 0.717) is 24.8 Å². The zero-order valence-corrected chi connectivity index (χ0v) is 28.4. The molecule has 3 fully saturated rings. The van der Waals surface area contributed by atoms with Gasteiger partial charge in [0.25, 0.3) is 5.91 Å². The van der Waals surface area contributed by atoms with Crippen molar-refractivity contribution in [2.45, 2.75) is 94.8 Å². The van der Waals surface area contributed by atoms with Crippen LogP contribution in [0.5, 0.6) is 0 Å². The van der Waals surface area contributed by atoms with Crippen LogP contribution in [0.2, 0.25) is 0 Å². The molecule has 3 unspecified atom stereocenters. The summed E-state index contributed by atoms with van der Waals surface area (Å²) in [4.78, 5) is 92.4. The van der Waals surface area contributed by atoms with Gasteiger partial charge in [0.15, 0.2) is 12.6 Å². The Balaban J connectivity index is 1.42. The van der Waals surface area contributed by atoms with Crippen LogP contribution in [-0.4, -0.2) is 89.8 Å². The molecule has 5 amide bonds. The molecule has 5 N–H and O–H groups in total. The van der Waals surface area contributed by atoms with Crippen molar-refractivity contribution in [2.24, 2.45) is 17.8 Å². The van der Waals surface area contributed by atoms with E-state index < -0.39 is 72.2 Å². The second-order valence-corrected chi connectivity index (χ2v) is 13.5. The predicted molar refractivity (Wildman–Crippen MR) is 180 cm³/mol. The van der Waals surface area contributed by atoms with Crippen molar-refractivity contribution in [1.29, 1.82) is 0 Å². The molecule has 0 spiro atoms. The smallest absolute Gasteiger partial charge is 0.408 e. The molecule has 14 nitrogen and oxygen atoms in total. The van der Waals surface area contributed by atoms with Crippen LogP contribution in [0.1, 0.15) is 82.2 Å². The van der Waals surface area contributed by atoms with Crippen molar-refractivity contribution < 1.29 is 43.4 Å². The molecular formula is C36H47N5O9. The molecule has 1 aromatic rings. The Labute approximate surface area is 291 Å². The van der Waals surface area contributed by atoms with Gasteiger partial charge >= 0.3 is 12.1 Å². The molecule has 0 heterocycles. The molecule has 0 aromatic heterocycles. The molecule has 0 bridgehead atoms. The fourth-order valence-electron chi connectivity index (χ4n) is 6.35. The van der Waals surface area contributed by atoms with Crippen molar-refractivity contribution in [3.05, 3.63) is 35.9 Å². The summed E-state index contributed by atoms with van der Waals surface area (Å²) in [6.45, 7) is -0.919. The molecule has 4 rings (SSSR count). The molecule has 3 aliphatic carbocycles. The molecule has 0 saturated heterocycles. The van der Waals surface area contributed by atoms with Crippen LogP contribution in [0, 0.1) is 30.1 Å². The highest BCUT2D eigenvalue weighted by Gasteiger charge is 2.41. The average Bonchev–Trinajstić information content (AvgIpc) is 4.06. The van der Waals surface area contributed by atoms with Gasteiger partial charge in [-0.15, -0.1) is 6.42 Å². The van der Waals surface area contributed by atoms with Gasteiger partial charge in [-0.1, -0.05) is 81.2 Å². The van der Waals surface area contributed by atoms with E-state index >= 15 is 0 Å². The molecule has 3 aliphatic rings. The SMILES string of the molecule is C#CCOC(=O)NC(C(=O)N(C)[C@@H](CC1CC1)C(=O)NC(CC1CC1)C(=O)C(=O)NCC(=O)NC(C(=O)O)c1ccccc1)C1CCCCC1. The molecule has 0 aliphatic heterocycles. The van der Waals surface area contributed by atoms with Gasteiger partial charge in [0, 0.05) is 7.05 Å². The Morgan fingerprint density at radius 1 is 0.900 bits per heavy atom. The number of ether oxygens (including phenoxy) is 1. The van der Waals surface area contributed by atoms with Crippen LogP contribution in [0.25, 0.3) is 0 Å². The number of Topliss-reactive ketones (excluding diaryl/α,β-unsaturated/α-hetero) is 1. The molecule has 4 atom stereocenters. The lowest BCUT2D eigenvalue weighted by Gasteiger charge is -2.35. The quantitative estimate of drug-likeness (QED) is 0.112. The first-order valence-corrected chi connectivity index (χ1v) is 17.3. The normalized spacial score (nSPS) is 18.2. The highest BCUT2D eigenvalue weighted by Crippen LogP contribution is 2.36. The third-order valence-corrected chi connectivity index (χ3v) is 9.54. The molecule has 50 heavy (non-hydrogen) atoms. The summed E-state index contributed by atoms with van der Waals surface area (Å²) in [6, 6.07) is 3.55. The minimum Gasteiger partial charge on any atom is -0.479 e. The Bertz CT molecular complexity index is 1450. The number of carboxylic acid groups (broad SMARTS) is 1. The fraction of sp³-hybridized carbons (Fsp3) is 0.583. The number of benzene rings is 1. The second-order valence-electron chi connectivity index (χ2n) is 13.5. The number of hydrogen-bond donors (Lipinski definition) is 5. The van der Waals surface area contributed by atoms with E-state index in [1.165, 1.54) is 24.1 Å². The standard InChI is InChI=1S/C36H47N5O9/c1-3-18-50-36(49)40-29(24-10-6-4-7-11-24)34(46)41(2)27(20-23-16-17-23)32(44)38-26(19-22-14-15-22)31(43)33(45)37-21-28(42)39-30(35(47)48)25-12-8-5-9-13-25/h1,5,8-9,12-13,22-24,26-27,29-30H,4,6-7,10-11,14-21H2,2H3,(H,37,45)(H,38,44)(H,39,42)(H,40,49)(H,47,48)/t26?,27-,29?,30?/m0/s1. The number of hydrogen-bond acceptors (Lipinski definition) is 8. The summed E-state index contributed by atoms with van der Waals surface area (Å²) in [6.07, 6.45) is 12.6. The summed E-state index contributed by atoms with van der Waals surface area (Å²) >= 11 is 0. The summed E-state index contributed by atoms with van der Waals surface area (Å²) in [7, 11) is 1.50. The summed E-state index contributed by atoms with van der Waals surface area (Å²) in [5.74, 6) is -2.84. The molecule has 270 valence electrons. The van der Waals surface area contributed by atoms with E-state index in [-0.39, 0.29) is 30.8 Å². The second kappa shape index (κ2) is 18.2. The van der Waals surface area contributed by atoms with Crippen LogP contribution in [0.3, 0.4) is 0 Å². The van der Waals surface area contributed by atoms with Gasteiger partial charge in [-0.2, -0.15) is 0 Å². The topological polar surface area (TPSA) is 200 Å². The highest BCUT2D eigenvalue weighted by molar-refractivity contribution is 6.38. The zero-order valence-electron chi connectivity index (χ0n) is 28.4. The van der Waals surface area contributed by atoms with Crippen LogP contribution in [0.4, 0.5) is 4.79 Å². The summed E-state index contributed by atoms with van der Waals surface area (Å²) in [5.41, 5.74) is 0.330. The molecule has 1 aromatic carbocycles. The minimum absolute atomic E-state index is 0.123. The number of ketones is 1. The van der Waals surface area contributed by atoms with Crippen molar-refractivity contribution in [2.75, 3.05) is 20.2 Å². The van der Waals surface area contributed by atoms with Gasteiger partial charge in [-0.3, -0.25) is 24.0 Å². The summed E-state index contributed by atoms with van der Waals surface area (Å²) in [5, 5.41) is 19.6. The highest BCUT2D eigenvalue weighted by atomic mass is 16.5. The van der Waals surface area contributed by atoms with Gasteiger partial charge in [-0.05, 0) is 49.0 Å². The molecule has 0 radical (unpaired) electrons. The Morgan fingerprint density at radius 2 is 1.54 bits per heavy atom. The van der Waals surface area contributed by atoms with Gasteiger partial charge in [0.2, 0.25) is 23.5 Å². The number of carboxylic acids is 1. The Kier molecular flexibility index (Phi) is 13.8. The van der Waals surface area contributed by atoms with E-state index in [9.17, 15) is 38.7 Å². The predicted octanol–water partition coefficient (Wildman–Crippen LogP) is 1.83. The van der Waals surface area contributed by atoms with Crippen LogP contribution < -0.4 is 21.3 Å². The van der Waals surface area contributed by atoms with E-state index in [4.69, 9.17) is 11.2 Å². The van der Waals surface area contributed by atoms with Crippen LogP contribution in [-0.2, 0) is 33.5 Å². The van der Waals surface area contributed by atoms with Gasteiger partial charge < -0.3 is 36.0 Å². The maximum Gasteiger partial charge on any atom is 0.408 e. The molecular weight excluding hydrogens is 646 g/mol. The van der Waals surface area contributed by atoms with Gasteiger partial charge in [0.05, 0.1) is 12.6 Å². The number of alkyl carbamates (subject to hydrolysis) is 1. The number of likely N-dealkylation sites (N-methyl/N-ethyl adjacent to an activating group) is 1. The van der Waals surface area contributed by atoms with E-state index in [1.54, 1.807) is 18.2 Å². The number of rotatable bonds is 18. The lowest BCUT2D eigenvalue weighted by atomic mass is 9.83. The first-order valence-electron chi connectivity index (χ1n) is 17.3. The van der Waals surface area contributed by atoms with Gasteiger partial charge in [-0.25, -0.2) is 9.59 Å². The minimum atomic E-state index is -1.36. The number of nitrogens with one attached hydrogen (secondary N) is 4. The van der Waals surface area contributed by atoms with Crippen molar-refractivity contribution in [3.63, 3.8) is 0 Å². The fourth-order valence-corrected chi connectivity index (χ4v) is 6.35. The van der Waals surface area contributed by atoms with Crippen LogP contribution >= 0.6 is 0 Å². The molecule has 14 heteroatoms. The van der Waals surface area contributed by atoms with Gasteiger partial charge in [0.1, 0.15) is 12.1 Å². The van der Waals surface area contributed by atoms with Crippen molar-refractivity contribution in [1.82, 2.24) is 26.2 Å². The third kappa shape index (κ3) is 11.3. The first-order chi connectivity index (χ1) is 24.0. The molecule has 3 saturated carbocycles. The first kappa shape index (κ1) is 37.9. The lowest BCUT2D eigenvalue weighted by Crippen LogP contribution is -2.59. The number of aliphatic carboxylic acids is 1. The number of nitrogens with zero attached hydrogens (tertiary/aromatic N) is 1. The number of amides is 5. The monoisotopic (exact) mass is 693 g/mol. The Morgan fingerprint density at radius 3 is 2.14 bits per heavy atom. The van der Waals surface area contributed by atoms with E-state index in [1.807, 2.05) is 0 Å². The number of carbonyl (C=O) groups excluding carboxylic acids is 6. The largest absolute Gasteiger partial charge is 0.479 e. The maximum atomic E-state index is 14.0. The van der Waals surface area contributed by atoms with E-state index in [2.05, 4.69) is 27.2 Å². The Hall–Kier alpha value is -4.93. The lowest BCUT2D eigenvalue weighted by molar-refractivity contribution is -0.144. The summed E-state index contributed by atoms with van der Waals surface area (Å²) < 4.78 is 4.99. The van der Waals surface area contributed by atoms with Crippen molar-refractivity contribution in [3.8, 4) is 12.3 Å². The van der Waals surface area contributed by atoms with E-state index in [0.717, 1.165) is 44.9 Å². The average molecular weight is 694 g/mol. The maximum absolute atomic E-state index is 14.0. The van der Waals surface area contributed by atoms with Crippen molar-refractivity contribution >= 4 is 41.5 Å². The van der Waals surface area contributed by atoms with Crippen LogP contribution in [0.15, 0.2) is 30.3 Å². The number of terminal acetylenes is 1. The third-order valence-electron chi connectivity index (χ3n) is 9.54.